The molecule has 1 nitrogen and oxygen atoms in total. The van der Waals surface area contributed by atoms with E-state index in [-0.39, 0.29) is 0 Å². The Morgan fingerprint density at radius 2 is 2.13 bits per heavy atom. The Morgan fingerprint density at radius 3 is 2.80 bits per heavy atom. The minimum absolute atomic E-state index is 0.912. The number of nitrogens with one attached hydrogen (secondary N) is 1. The highest BCUT2D eigenvalue weighted by Crippen LogP contribution is 2.23. The first-order chi connectivity index (χ1) is 7.34. The highest BCUT2D eigenvalue weighted by Gasteiger charge is 2.12. The van der Waals surface area contributed by atoms with Crippen LogP contribution in [0.3, 0.4) is 0 Å². The Labute approximate surface area is 108 Å². The lowest BCUT2D eigenvalue weighted by Gasteiger charge is -2.21. The standard InChI is InChI=1S/C11H16BrNS2/c12-11-2-1-10(15-11)8-13-7-9-3-5-14-6-4-9/h1-2,9,13H,3-8H2. The molecule has 0 atom stereocenters. The first-order valence-corrected chi connectivity index (χ1v) is 8.13. The number of thioether (sulfide) groups is 1. The van der Waals surface area contributed by atoms with Crippen molar-refractivity contribution < 1.29 is 0 Å². The van der Waals surface area contributed by atoms with E-state index in [1.54, 1.807) is 0 Å². The molecule has 1 saturated heterocycles. The van der Waals surface area contributed by atoms with Gasteiger partial charge in [-0.05, 0) is 64.9 Å². The highest BCUT2D eigenvalue weighted by atomic mass is 79.9. The monoisotopic (exact) mass is 305 g/mol. The quantitative estimate of drug-likeness (QED) is 0.909. The van der Waals surface area contributed by atoms with Gasteiger partial charge in [0.2, 0.25) is 0 Å². The van der Waals surface area contributed by atoms with Crippen LogP contribution >= 0.6 is 39.0 Å². The van der Waals surface area contributed by atoms with Crippen LogP contribution in [-0.4, -0.2) is 18.1 Å². The summed E-state index contributed by atoms with van der Waals surface area (Å²) in [7, 11) is 0. The molecule has 1 N–H and O–H groups in total. The molecule has 1 fully saturated rings. The maximum Gasteiger partial charge on any atom is 0.0701 e. The summed E-state index contributed by atoms with van der Waals surface area (Å²) in [5.41, 5.74) is 0. The third-order valence-electron chi connectivity index (χ3n) is 2.70. The van der Waals surface area contributed by atoms with Crippen molar-refractivity contribution in [2.45, 2.75) is 19.4 Å². The van der Waals surface area contributed by atoms with Gasteiger partial charge in [0, 0.05) is 11.4 Å². The molecule has 0 unspecified atom stereocenters. The topological polar surface area (TPSA) is 12.0 Å². The predicted molar refractivity (Wildman–Crippen MR) is 73.8 cm³/mol. The molecule has 15 heavy (non-hydrogen) atoms. The lowest BCUT2D eigenvalue weighted by Crippen LogP contribution is -2.25. The van der Waals surface area contributed by atoms with Gasteiger partial charge in [-0.3, -0.25) is 0 Å². The summed E-state index contributed by atoms with van der Waals surface area (Å²) in [5.74, 6) is 3.63. The molecule has 1 aromatic heterocycles. The van der Waals surface area contributed by atoms with E-state index < -0.39 is 0 Å². The number of thiophene rings is 1. The molecule has 0 aromatic carbocycles. The molecule has 1 aromatic rings. The maximum absolute atomic E-state index is 3.57. The summed E-state index contributed by atoms with van der Waals surface area (Å²) in [4.78, 5) is 1.42. The van der Waals surface area contributed by atoms with Crippen LogP contribution in [0.25, 0.3) is 0 Å². The van der Waals surface area contributed by atoms with Gasteiger partial charge >= 0.3 is 0 Å². The molecule has 84 valence electrons. The van der Waals surface area contributed by atoms with E-state index in [0.29, 0.717) is 0 Å². The first-order valence-electron chi connectivity index (χ1n) is 5.37. The maximum atomic E-state index is 3.57. The van der Waals surface area contributed by atoms with Crippen molar-refractivity contribution in [3.05, 3.63) is 20.8 Å². The molecule has 2 rings (SSSR count). The Kier molecular flexibility index (Phi) is 5.01. The van der Waals surface area contributed by atoms with Crippen molar-refractivity contribution >= 4 is 39.0 Å². The molecule has 0 radical (unpaired) electrons. The zero-order valence-corrected chi connectivity index (χ0v) is 11.9. The van der Waals surface area contributed by atoms with Crippen LogP contribution in [0, 0.1) is 5.92 Å². The Bertz CT molecular complexity index is 295. The first kappa shape index (κ1) is 12.0. The second-order valence-electron chi connectivity index (χ2n) is 3.89. The average molecular weight is 306 g/mol. The van der Waals surface area contributed by atoms with E-state index in [2.05, 4.69) is 45.1 Å². The van der Waals surface area contributed by atoms with Crippen LogP contribution in [-0.2, 0) is 6.54 Å². The molecule has 0 amide bonds. The molecule has 4 heteroatoms. The van der Waals surface area contributed by atoms with E-state index in [1.165, 1.54) is 39.6 Å². The van der Waals surface area contributed by atoms with Crippen molar-refractivity contribution in [2.24, 2.45) is 5.92 Å². The van der Waals surface area contributed by atoms with E-state index in [9.17, 15) is 0 Å². The third-order valence-corrected chi connectivity index (χ3v) is 5.37. The molecule has 0 saturated carbocycles. The SMILES string of the molecule is Brc1ccc(CNCC2CCSCC2)s1. The second-order valence-corrected chi connectivity index (χ2v) is 7.66. The van der Waals surface area contributed by atoms with E-state index >= 15 is 0 Å². The predicted octanol–water partition coefficient (Wildman–Crippen LogP) is 3.74. The van der Waals surface area contributed by atoms with Gasteiger partial charge in [0.25, 0.3) is 0 Å². The third kappa shape index (κ3) is 4.10. The van der Waals surface area contributed by atoms with Gasteiger partial charge in [-0.2, -0.15) is 11.8 Å². The zero-order chi connectivity index (χ0) is 10.5. The Hall–Kier alpha value is 0.490. The molecular formula is C11H16BrNS2. The van der Waals surface area contributed by atoms with Gasteiger partial charge in [-0.15, -0.1) is 11.3 Å². The van der Waals surface area contributed by atoms with Gasteiger partial charge in [0.1, 0.15) is 0 Å². The largest absolute Gasteiger partial charge is 0.312 e. The lowest BCUT2D eigenvalue weighted by atomic mass is 10.0. The summed E-state index contributed by atoms with van der Waals surface area (Å²) < 4.78 is 1.23. The molecule has 1 aliphatic rings. The van der Waals surface area contributed by atoms with Crippen LogP contribution in [0.15, 0.2) is 15.9 Å². The number of hydrogen-bond acceptors (Lipinski definition) is 3. The molecular weight excluding hydrogens is 290 g/mol. The summed E-state index contributed by atoms with van der Waals surface area (Å²) in [6.07, 6.45) is 2.79. The summed E-state index contributed by atoms with van der Waals surface area (Å²) in [6.45, 7) is 2.22. The van der Waals surface area contributed by atoms with Crippen LogP contribution in [0.4, 0.5) is 0 Å². The summed E-state index contributed by atoms with van der Waals surface area (Å²) in [6, 6.07) is 4.32. The van der Waals surface area contributed by atoms with E-state index in [1.807, 2.05) is 11.3 Å². The van der Waals surface area contributed by atoms with Crippen molar-refractivity contribution in [2.75, 3.05) is 18.1 Å². The van der Waals surface area contributed by atoms with Gasteiger partial charge in [-0.25, -0.2) is 0 Å². The molecule has 0 aliphatic carbocycles. The van der Waals surface area contributed by atoms with Crippen LogP contribution in [0.2, 0.25) is 0 Å². The van der Waals surface area contributed by atoms with Crippen molar-refractivity contribution in [1.29, 1.82) is 0 Å². The minimum atomic E-state index is 0.912. The second kappa shape index (κ2) is 6.28. The molecule has 2 heterocycles. The van der Waals surface area contributed by atoms with Gasteiger partial charge in [-0.1, -0.05) is 0 Å². The van der Waals surface area contributed by atoms with Crippen LogP contribution < -0.4 is 5.32 Å². The van der Waals surface area contributed by atoms with Crippen LogP contribution in [0.1, 0.15) is 17.7 Å². The van der Waals surface area contributed by atoms with Crippen molar-refractivity contribution in [3.63, 3.8) is 0 Å². The van der Waals surface area contributed by atoms with Crippen molar-refractivity contribution in [1.82, 2.24) is 5.32 Å². The normalized spacial score (nSPS) is 18.2. The fraction of sp³-hybridized carbons (Fsp3) is 0.636. The number of halogens is 1. The minimum Gasteiger partial charge on any atom is -0.312 e. The highest BCUT2D eigenvalue weighted by molar-refractivity contribution is 9.11. The van der Waals surface area contributed by atoms with Crippen molar-refractivity contribution in [3.8, 4) is 0 Å². The Morgan fingerprint density at radius 1 is 1.33 bits per heavy atom. The van der Waals surface area contributed by atoms with Gasteiger partial charge in [0.15, 0.2) is 0 Å². The van der Waals surface area contributed by atoms with Gasteiger partial charge < -0.3 is 5.32 Å². The fourth-order valence-electron chi connectivity index (χ4n) is 1.80. The van der Waals surface area contributed by atoms with E-state index in [0.717, 1.165) is 12.5 Å². The molecule has 0 spiro atoms. The molecule has 1 aliphatic heterocycles. The zero-order valence-electron chi connectivity index (χ0n) is 8.67. The number of rotatable bonds is 4. The number of hydrogen-bond donors (Lipinski definition) is 1. The van der Waals surface area contributed by atoms with Crippen LogP contribution in [0.5, 0.6) is 0 Å². The summed E-state index contributed by atoms with van der Waals surface area (Å²) in [5, 5.41) is 3.57. The fourth-order valence-corrected chi connectivity index (χ4v) is 4.45. The average Bonchev–Trinajstić information content (AvgIpc) is 2.66. The summed E-state index contributed by atoms with van der Waals surface area (Å²) >= 11 is 7.41. The molecule has 0 bridgehead atoms. The lowest BCUT2D eigenvalue weighted by molar-refractivity contribution is 0.449. The van der Waals surface area contributed by atoms with E-state index in [4.69, 9.17) is 0 Å². The van der Waals surface area contributed by atoms with Gasteiger partial charge in [0.05, 0.1) is 3.79 Å². The smallest absolute Gasteiger partial charge is 0.0701 e. The Balaban J connectivity index is 1.65.